The van der Waals surface area contributed by atoms with Crippen LogP contribution in [0.25, 0.3) is 0 Å². The van der Waals surface area contributed by atoms with Gasteiger partial charge in [0.05, 0.1) is 22.2 Å². The molecule has 1 unspecified atom stereocenters. The highest BCUT2D eigenvalue weighted by atomic mass is 19.1. The Morgan fingerprint density at radius 3 is 2.67 bits per heavy atom. The van der Waals surface area contributed by atoms with Crippen molar-refractivity contribution in [2.45, 2.75) is 25.8 Å². The molecule has 0 aliphatic heterocycles. The molecule has 1 aromatic carbocycles. The zero-order valence-electron chi connectivity index (χ0n) is 10.1. The summed E-state index contributed by atoms with van der Waals surface area (Å²) in [6.45, 7) is 3.25. The normalized spacial score (nSPS) is 13.8. The van der Waals surface area contributed by atoms with Gasteiger partial charge in [-0.2, -0.15) is 0 Å². The molecular formula is C11H14FN3O3. The topological polar surface area (TPSA) is 98.3 Å². The van der Waals surface area contributed by atoms with E-state index in [1.165, 1.54) is 6.92 Å². The van der Waals surface area contributed by atoms with Crippen molar-refractivity contribution in [1.29, 1.82) is 0 Å². The summed E-state index contributed by atoms with van der Waals surface area (Å²) in [6, 6.07) is 2.85. The van der Waals surface area contributed by atoms with Crippen LogP contribution >= 0.6 is 0 Å². The highest BCUT2D eigenvalue weighted by Gasteiger charge is 2.26. The van der Waals surface area contributed by atoms with E-state index in [1.807, 2.05) is 0 Å². The van der Waals surface area contributed by atoms with Gasteiger partial charge in [0, 0.05) is 6.07 Å². The van der Waals surface area contributed by atoms with Gasteiger partial charge in [-0.25, -0.2) is 4.39 Å². The fourth-order valence-electron chi connectivity index (χ4n) is 1.19. The van der Waals surface area contributed by atoms with Gasteiger partial charge in [-0.3, -0.25) is 14.9 Å². The molecule has 3 N–H and O–H groups in total. The molecular weight excluding hydrogens is 241 g/mol. The monoisotopic (exact) mass is 255 g/mol. The van der Waals surface area contributed by atoms with Gasteiger partial charge >= 0.3 is 0 Å². The van der Waals surface area contributed by atoms with Gasteiger partial charge < -0.3 is 11.1 Å². The van der Waals surface area contributed by atoms with E-state index in [2.05, 4.69) is 5.32 Å². The minimum Gasteiger partial charge on any atom is -0.324 e. The highest BCUT2D eigenvalue weighted by molar-refractivity contribution is 5.97. The molecule has 0 radical (unpaired) electrons. The average Bonchev–Trinajstić information content (AvgIpc) is 2.28. The van der Waals surface area contributed by atoms with Crippen LogP contribution in [0.5, 0.6) is 0 Å². The molecule has 0 heterocycles. The van der Waals surface area contributed by atoms with E-state index in [0.29, 0.717) is 6.42 Å². The van der Waals surface area contributed by atoms with E-state index < -0.39 is 27.9 Å². The first-order valence-corrected chi connectivity index (χ1v) is 5.31. The Balaban J connectivity index is 2.98. The molecule has 0 bridgehead atoms. The Bertz CT molecular complexity index is 488. The molecule has 6 nitrogen and oxygen atoms in total. The number of hydrogen-bond acceptors (Lipinski definition) is 4. The Morgan fingerprint density at radius 1 is 1.56 bits per heavy atom. The Hall–Kier alpha value is -2.02. The predicted octanol–water partition coefficient (Wildman–Crippen LogP) is 1.80. The van der Waals surface area contributed by atoms with Crippen molar-refractivity contribution in [1.82, 2.24) is 0 Å². The summed E-state index contributed by atoms with van der Waals surface area (Å²) in [5.74, 6) is -1.32. The number of nitrogens with zero attached hydrogens (tertiary/aromatic N) is 1. The Kier molecular flexibility index (Phi) is 3.97. The van der Waals surface area contributed by atoms with Crippen LogP contribution in [0.2, 0.25) is 0 Å². The van der Waals surface area contributed by atoms with E-state index in [9.17, 15) is 19.3 Å². The first-order chi connectivity index (χ1) is 8.26. The molecule has 0 aliphatic rings. The summed E-state index contributed by atoms with van der Waals surface area (Å²) >= 11 is 0. The summed E-state index contributed by atoms with van der Waals surface area (Å²) < 4.78 is 13.1. The largest absolute Gasteiger partial charge is 0.324 e. The number of carbonyl (C=O) groups excluding carboxylic acids is 1. The van der Waals surface area contributed by atoms with E-state index in [1.54, 1.807) is 6.92 Å². The van der Waals surface area contributed by atoms with Crippen molar-refractivity contribution < 1.29 is 14.1 Å². The minimum absolute atomic E-state index is 0.0109. The standard InChI is InChI=1S/C11H14FN3O3/c1-3-11(2,13)10(16)14-8-4-7(12)5-9(6-8)15(17)18/h4-6H,3,13H2,1-2H3,(H,14,16). The quantitative estimate of drug-likeness (QED) is 0.633. The molecule has 1 atom stereocenters. The summed E-state index contributed by atoms with van der Waals surface area (Å²) in [5.41, 5.74) is 4.17. The van der Waals surface area contributed by atoms with Gasteiger partial charge in [0.15, 0.2) is 0 Å². The molecule has 0 aliphatic carbocycles. The van der Waals surface area contributed by atoms with E-state index in [4.69, 9.17) is 5.73 Å². The third kappa shape index (κ3) is 3.24. The van der Waals surface area contributed by atoms with Crippen LogP contribution in [0.1, 0.15) is 20.3 Å². The fourth-order valence-corrected chi connectivity index (χ4v) is 1.19. The first kappa shape index (κ1) is 14.0. The molecule has 0 fully saturated rings. The third-order valence-electron chi connectivity index (χ3n) is 2.60. The number of nitro benzene ring substituents is 1. The minimum atomic E-state index is -1.11. The number of nitro groups is 1. The Morgan fingerprint density at radius 2 is 2.17 bits per heavy atom. The van der Waals surface area contributed by atoms with Crippen molar-refractivity contribution in [2.75, 3.05) is 5.32 Å². The van der Waals surface area contributed by atoms with Gasteiger partial charge in [-0.05, 0) is 19.4 Å². The van der Waals surface area contributed by atoms with E-state index >= 15 is 0 Å². The summed E-state index contributed by atoms with van der Waals surface area (Å²) in [7, 11) is 0. The van der Waals surface area contributed by atoms with Crippen molar-refractivity contribution in [3.8, 4) is 0 Å². The number of amides is 1. The predicted molar refractivity (Wildman–Crippen MR) is 64.6 cm³/mol. The molecule has 0 saturated carbocycles. The van der Waals surface area contributed by atoms with Crippen LogP contribution in [0, 0.1) is 15.9 Å². The van der Waals surface area contributed by atoms with E-state index in [0.717, 1.165) is 18.2 Å². The van der Waals surface area contributed by atoms with E-state index in [-0.39, 0.29) is 5.69 Å². The zero-order valence-corrected chi connectivity index (χ0v) is 10.1. The summed E-state index contributed by atoms with van der Waals surface area (Å²) in [4.78, 5) is 21.5. The lowest BCUT2D eigenvalue weighted by Gasteiger charge is -2.21. The highest BCUT2D eigenvalue weighted by Crippen LogP contribution is 2.21. The zero-order chi connectivity index (χ0) is 13.9. The van der Waals surface area contributed by atoms with Crippen LogP contribution in [0.4, 0.5) is 15.8 Å². The number of non-ortho nitro benzene ring substituents is 1. The number of rotatable bonds is 4. The SMILES string of the molecule is CCC(C)(N)C(=O)Nc1cc(F)cc([N+](=O)[O-])c1. The van der Waals surface area contributed by atoms with Crippen LogP contribution in [0.15, 0.2) is 18.2 Å². The lowest BCUT2D eigenvalue weighted by molar-refractivity contribution is -0.385. The number of nitrogens with two attached hydrogens (primary N) is 1. The molecule has 1 rings (SSSR count). The van der Waals surface area contributed by atoms with Crippen molar-refractivity contribution in [2.24, 2.45) is 5.73 Å². The molecule has 1 aromatic rings. The second kappa shape index (κ2) is 5.09. The number of anilines is 1. The average molecular weight is 255 g/mol. The molecule has 0 aromatic heterocycles. The van der Waals surface area contributed by atoms with Crippen LogP contribution in [-0.2, 0) is 4.79 Å². The van der Waals surface area contributed by atoms with Crippen LogP contribution < -0.4 is 11.1 Å². The lowest BCUT2D eigenvalue weighted by atomic mass is 9.99. The molecule has 7 heteroatoms. The van der Waals surface area contributed by atoms with Gasteiger partial charge in [0.1, 0.15) is 5.82 Å². The van der Waals surface area contributed by atoms with Gasteiger partial charge in [-0.1, -0.05) is 6.92 Å². The van der Waals surface area contributed by atoms with Crippen molar-refractivity contribution >= 4 is 17.3 Å². The second-order valence-electron chi connectivity index (χ2n) is 4.18. The number of benzene rings is 1. The summed E-state index contributed by atoms with van der Waals surface area (Å²) in [5, 5.41) is 12.9. The lowest BCUT2D eigenvalue weighted by Crippen LogP contribution is -2.47. The Labute approximate surface area is 103 Å². The first-order valence-electron chi connectivity index (χ1n) is 5.31. The van der Waals surface area contributed by atoms with Crippen LogP contribution in [0.3, 0.4) is 0 Å². The van der Waals surface area contributed by atoms with Gasteiger partial charge in [-0.15, -0.1) is 0 Å². The van der Waals surface area contributed by atoms with Gasteiger partial charge in [0.25, 0.3) is 5.69 Å². The molecule has 18 heavy (non-hydrogen) atoms. The smallest absolute Gasteiger partial charge is 0.274 e. The molecule has 98 valence electrons. The molecule has 0 spiro atoms. The fraction of sp³-hybridized carbons (Fsp3) is 0.364. The maximum atomic E-state index is 13.1. The van der Waals surface area contributed by atoms with Crippen molar-refractivity contribution in [3.05, 3.63) is 34.1 Å². The maximum absolute atomic E-state index is 13.1. The number of halogens is 1. The molecule has 0 saturated heterocycles. The third-order valence-corrected chi connectivity index (χ3v) is 2.60. The summed E-state index contributed by atoms with van der Waals surface area (Å²) in [6.07, 6.45) is 0.385. The maximum Gasteiger partial charge on any atom is 0.274 e. The number of hydrogen-bond donors (Lipinski definition) is 2. The number of carbonyl (C=O) groups is 1. The molecule has 1 amide bonds. The second-order valence-corrected chi connectivity index (χ2v) is 4.18. The van der Waals surface area contributed by atoms with Crippen molar-refractivity contribution in [3.63, 3.8) is 0 Å². The van der Waals surface area contributed by atoms with Crippen LogP contribution in [-0.4, -0.2) is 16.4 Å². The number of nitrogens with one attached hydrogen (secondary N) is 1. The van der Waals surface area contributed by atoms with Gasteiger partial charge in [0.2, 0.25) is 5.91 Å².